The average molecular weight is 356 g/mol. The Hall–Kier alpha value is -2.00. The molecule has 0 amide bonds. The molecule has 0 aliphatic carbocycles. The van der Waals surface area contributed by atoms with Gasteiger partial charge in [-0.25, -0.2) is 4.68 Å². The van der Waals surface area contributed by atoms with E-state index >= 15 is 0 Å². The molecular weight excluding hydrogens is 330 g/mol. The van der Waals surface area contributed by atoms with Crippen LogP contribution >= 0.6 is 11.6 Å². The van der Waals surface area contributed by atoms with Crippen LogP contribution in [0.2, 0.25) is 5.02 Å². The minimum Gasteiger partial charge on any atom is -0.390 e. The maximum Gasteiger partial charge on any atom is 0.0914 e. The summed E-state index contributed by atoms with van der Waals surface area (Å²) < 4.78 is 2.04. The van der Waals surface area contributed by atoms with Gasteiger partial charge in [-0.2, -0.15) is 5.10 Å². The molecule has 1 aromatic carbocycles. The van der Waals surface area contributed by atoms with Crippen LogP contribution in [0.3, 0.4) is 0 Å². The van der Waals surface area contributed by atoms with E-state index in [0.717, 1.165) is 29.4 Å². The van der Waals surface area contributed by atoms with Gasteiger partial charge in [0.2, 0.25) is 0 Å². The van der Waals surface area contributed by atoms with Crippen LogP contribution < -0.4 is 5.32 Å². The summed E-state index contributed by atoms with van der Waals surface area (Å²) in [6.07, 6.45) is 7.17. The Morgan fingerprint density at radius 2 is 1.96 bits per heavy atom. The number of allylic oxidation sites excluding steroid dienone is 3. The van der Waals surface area contributed by atoms with E-state index in [1.165, 1.54) is 22.4 Å². The largest absolute Gasteiger partial charge is 0.390 e. The molecule has 25 heavy (non-hydrogen) atoms. The molecule has 0 atom stereocenters. The molecule has 2 aromatic rings. The fourth-order valence-electron chi connectivity index (χ4n) is 3.52. The van der Waals surface area contributed by atoms with Crippen molar-refractivity contribution in [3.8, 4) is 5.69 Å². The Bertz CT molecular complexity index is 852. The molecule has 132 valence electrons. The van der Waals surface area contributed by atoms with E-state index in [2.05, 4.69) is 37.5 Å². The Morgan fingerprint density at radius 3 is 2.64 bits per heavy atom. The molecule has 1 N–H and O–H groups in total. The molecule has 0 saturated carbocycles. The number of rotatable bonds is 0. The Balaban J connectivity index is 0.000000415. The van der Waals surface area contributed by atoms with Gasteiger partial charge in [0.1, 0.15) is 0 Å². The van der Waals surface area contributed by atoms with Gasteiger partial charge in [-0.1, -0.05) is 43.7 Å². The summed E-state index contributed by atoms with van der Waals surface area (Å²) in [6, 6.07) is 6.31. The number of hydrogen-bond donors (Lipinski definition) is 1. The fourth-order valence-corrected chi connectivity index (χ4v) is 3.76. The lowest BCUT2D eigenvalue weighted by Crippen LogP contribution is -2.30. The molecular formula is C21H26ClN3. The van der Waals surface area contributed by atoms with Gasteiger partial charge >= 0.3 is 0 Å². The number of nitrogens with zero attached hydrogens (tertiary/aromatic N) is 2. The molecule has 4 heteroatoms. The first kappa shape index (κ1) is 17.8. The Kier molecular flexibility index (Phi) is 4.79. The smallest absolute Gasteiger partial charge is 0.0914 e. The maximum absolute atomic E-state index is 6.54. The Morgan fingerprint density at radius 1 is 1.24 bits per heavy atom. The lowest BCUT2D eigenvalue weighted by Gasteiger charge is -2.36. The third kappa shape index (κ3) is 2.91. The number of halogens is 1. The summed E-state index contributed by atoms with van der Waals surface area (Å²) in [4.78, 5) is 0. The van der Waals surface area contributed by atoms with Crippen LogP contribution in [-0.2, 0) is 11.8 Å². The molecule has 0 unspecified atom stereocenters. The summed E-state index contributed by atoms with van der Waals surface area (Å²) in [5.74, 6) is 0. The van der Waals surface area contributed by atoms with E-state index in [-0.39, 0.29) is 5.41 Å². The number of aryl methyl sites for hydroxylation is 1. The summed E-state index contributed by atoms with van der Waals surface area (Å²) in [5.41, 5.74) is 7.07. The number of benzene rings is 1. The minimum absolute atomic E-state index is 0.0922. The lowest BCUT2D eigenvalue weighted by atomic mass is 9.74. The molecule has 2 aliphatic rings. The fraction of sp³-hybridized carbons (Fsp3) is 0.381. The Labute approximate surface area is 155 Å². The topological polar surface area (TPSA) is 29.9 Å². The number of nitrogens with one attached hydrogen (secondary N) is 1. The zero-order chi connectivity index (χ0) is 18.2. The van der Waals surface area contributed by atoms with E-state index < -0.39 is 0 Å². The zero-order valence-corrected chi connectivity index (χ0v) is 16.4. The summed E-state index contributed by atoms with van der Waals surface area (Å²) in [7, 11) is 0. The minimum atomic E-state index is -0.0922. The predicted molar refractivity (Wildman–Crippen MR) is 107 cm³/mol. The first-order valence-electron chi connectivity index (χ1n) is 8.82. The normalized spacial score (nSPS) is 16.8. The van der Waals surface area contributed by atoms with Crippen molar-refractivity contribution < 1.29 is 0 Å². The third-order valence-corrected chi connectivity index (χ3v) is 5.26. The first-order chi connectivity index (χ1) is 11.9. The molecule has 0 bridgehead atoms. The third-order valence-electron chi connectivity index (χ3n) is 4.96. The van der Waals surface area contributed by atoms with Gasteiger partial charge in [0, 0.05) is 23.7 Å². The van der Waals surface area contributed by atoms with Crippen molar-refractivity contribution in [2.45, 2.75) is 46.5 Å². The second kappa shape index (κ2) is 6.72. The summed E-state index contributed by atoms with van der Waals surface area (Å²) in [6.45, 7) is 11.5. The second-order valence-corrected chi connectivity index (χ2v) is 7.47. The highest BCUT2D eigenvalue weighted by atomic mass is 35.5. The van der Waals surface area contributed by atoms with Crippen LogP contribution in [0, 0.1) is 6.92 Å². The molecule has 1 aromatic heterocycles. The predicted octanol–water partition coefficient (Wildman–Crippen LogP) is 5.19. The van der Waals surface area contributed by atoms with E-state index in [9.17, 15) is 0 Å². The molecule has 0 radical (unpaired) electrons. The highest BCUT2D eigenvalue weighted by Gasteiger charge is 2.39. The van der Waals surface area contributed by atoms with Crippen LogP contribution in [0.15, 0.2) is 36.6 Å². The van der Waals surface area contributed by atoms with Gasteiger partial charge in [0.25, 0.3) is 0 Å². The molecule has 0 saturated heterocycles. The van der Waals surface area contributed by atoms with Crippen molar-refractivity contribution in [3.05, 3.63) is 64.1 Å². The van der Waals surface area contributed by atoms with Crippen molar-refractivity contribution >= 4 is 17.2 Å². The molecule has 4 rings (SSSR count). The van der Waals surface area contributed by atoms with Gasteiger partial charge in [0.05, 0.1) is 22.1 Å². The van der Waals surface area contributed by atoms with Crippen LogP contribution in [0.4, 0.5) is 0 Å². The van der Waals surface area contributed by atoms with E-state index in [1.54, 1.807) is 0 Å². The van der Waals surface area contributed by atoms with Crippen LogP contribution in [0.1, 0.15) is 50.2 Å². The van der Waals surface area contributed by atoms with Crippen LogP contribution in [0.25, 0.3) is 11.3 Å². The van der Waals surface area contributed by atoms with Gasteiger partial charge in [0.15, 0.2) is 0 Å². The van der Waals surface area contributed by atoms with Gasteiger partial charge in [-0.05, 0) is 50.5 Å². The van der Waals surface area contributed by atoms with Crippen molar-refractivity contribution in [1.29, 1.82) is 0 Å². The SMILES string of the molecule is C/C=C\C.Cc1cc2n(n1)-c1c(Cl)ccc3c1C(=CNCC3)C2(C)C. The van der Waals surface area contributed by atoms with Crippen molar-refractivity contribution in [2.24, 2.45) is 0 Å². The molecule has 0 fully saturated rings. The van der Waals surface area contributed by atoms with Gasteiger partial charge < -0.3 is 5.32 Å². The van der Waals surface area contributed by atoms with E-state index in [4.69, 9.17) is 16.7 Å². The molecule has 0 spiro atoms. The molecule has 2 aliphatic heterocycles. The number of hydrogen-bond acceptors (Lipinski definition) is 2. The first-order valence-corrected chi connectivity index (χ1v) is 9.20. The van der Waals surface area contributed by atoms with Gasteiger partial charge in [-0.15, -0.1) is 0 Å². The van der Waals surface area contributed by atoms with Crippen LogP contribution in [0.5, 0.6) is 0 Å². The van der Waals surface area contributed by atoms with Crippen molar-refractivity contribution in [3.63, 3.8) is 0 Å². The molecule has 3 heterocycles. The van der Waals surface area contributed by atoms with Gasteiger partial charge in [-0.3, -0.25) is 0 Å². The highest BCUT2D eigenvalue weighted by Crippen LogP contribution is 2.48. The quantitative estimate of drug-likeness (QED) is 0.658. The highest BCUT2D eigenvalue weighted by molar-refractivity contribution is 6.33. The number of aromatic nitrogens is 2. The summed E-state index contributed by atoms with van der Waals surface area (Å²) >= 11 is 6.54. The standard InChI is InChI=1S/C17H18ClN3.C4H8/c1-10-8-14-17(2,3)12-9-19-7-6-11-4-5-13(18)16(15(11)12)21(14)20-10;1-3-4-2/h4-5,8-9,19H,6-7H2,1-3H3;3-4H,1-2H3/b;4-3-. The lowest BCUT2D eigenvalue weighted by molar-refractivity contribution is 0.604. The molecule has 3 nitrogen and oxygen atoms in total. The van der Waals surface area contributed by atoms with E-state index in [1.807, 2.05) is 43.7 Å². The monoisotopic (exact) mass is 355 g/mol. The van der Waals surface area contributed by atoms with Crippen LogP contribution in [-0.4, -0.2) is 16.3 Å². The zero-order valence-electron chi connectivity index (χ0n) is 15.7. The van der Waals surface area contributed by atoms with Crippen molar-refractivity contribution in [2.75, 3.05) is 6.54 Å². The number of fused-ring (bicyclic) bond motifs is 2. The average Bonchev–Trinajstić information content (AvgIpc) is 2.84. The maximum atomic E-state index is 6.54. The van der Waals surface area contributed by atoms with Crippen molar-refractivity contribution in [1.82, 2.24) is 15.1 Å². The van der Waals surface area contributed by atoms with E-state index in [0.29, 0.717) is 0 Å². The second-order valence-electron chi connectivity index (χ2n) is 7.07. The summed E-state index contributed by atoms with van der Waals surface area (Å²) in [5, 5.41) is 8.90.